The van der Waals surface area contributed by atoms with Crippen molar-refractivity contribution < 1.29 is 17.2 Å². The van der Waals surface area contributed by atoms with E-state index < -0.39 is 27.0 Å². The summed E-state index contributed by atoms with van der Waals surface area (Å²) in [4.78, 5) is 13.6. The zero-order chi connectivity index (χ0) is 26.1. The lowest BCUT2D eigenvalue weighted by Gasteiger charge is -2.38. The molecule has 14 heteroatoms. The maximum atomic E-state index is 13.4. The molecule has 1 aliphatic heterocycles. The normalized spacial score (nSPS) is 20.4. The minimum atomic E-state index is -3.80. The summed E-state index contributed by atoms with van der Waals surface area (Å²) < 4.78 is 57.5. The number of anilines is 1. The van der Waals surface area contributed by atoms with Crippen molar-refractivity contribution in [2.75, 3.05) is 31.6 Å². The Labute approximate surface area is 216 Å². The van der Waals surface area contributed by atoms with Crippen LogP contribution < -0.4 is 9.62 Å². The van der Waals surface area contributed by atoms with Crippen molar-refractivity contribution in [3.63, 3.8) is 0 Å². The third-order valence-corrected chi connectivity index (χ3v) is 9.81. The highest BCUT2D eigenvalue weighted by molar-refractivity contribution is 7.89. The molecule has 1 saturated carbocycles. The van der Waals surface area contributed by atoms with E-state index >= 15 is 0 Å². The molecule has 2 aliphatic rings. The van der Waals surface area contributed by atoms with Crippen molar-refractivity contribution in [1.29, 1.82) is 0 Å². The summed E-state index contributed by atoms with van der Waals surface area (Å²) in [6, 6.07) is 5.15. The van der Waals surface area contributed by atoms with Gasteiger partial charge in [-0.05, 0) is 45.9 Å². The van der Waals surface area contributed by atoms with Crippen LogP contribution in [0.25, 0.3) is 27.1 Å². The van der Waals surface area contributed by atoms with Crippen molar-refractivity contribution in [2.45, 2.75) is 49.6 Å². The van der Waals surface area contributed by atoms with Crippen LogP contribution in [0, 0.1) is 0 Å². The molecule has 2 fully saturated rings. The minimum absolute atomic E-state index is 0.0820. The van der Waals surface area contributed by atoms with Crippen LogP contribution in [0.3, 0.4) is 0 Å². The lowest BCUT2D eigenvalue weighted by atomic mass is 10.1. The molecule has 3 aromatic heterocycles. The van der Waals surface area contributed by atoms with E-state index in [1.807, 2.05) is 6.92 Å². The van der Waals surface area contributed by atoms with Gasteiger partial charge in [0.1, 0.15) is 12.1 Å². The largest absolute Gasteiger partial charge is 0.353 e. The molecule has 0 amide bonds. The number of hydrogen-bond acceptors (Lipinski definition) is 9. The number of alkyl halides is 2. The van der Waals surface area contributed by atoms with Crippen LogP contribution in [-0.4, -0.2) is 76.3 Å². The molecule has 1 N–H and O–H groups in total. The summed E-state index contributed by atoms with van der Waals surface area (Å²) in [7, 11) is -1.72. The van der Waals surface area contributed by atoms with Gasteiger partial charge in [-0.3, -0.25) is 4.57 Å². The van der Waals surface area contributed by atoms with E-state index in [4.69, 9.17) is 0 Å². The fourth-order valence-corrected chi connectivity index (χ4v) is 6.92. The Balaban J connectivity index is 1.58. The first-order chi connectivity index (χ1) is 17.6. The zero-order valence-electron chi connectivity index (χ0n) is 20.5. The predicted molar refractivity (Wildman–Crippen MR) is 137 cm³/mol. The Morgan fingerprint density at radius 1 is 1.19 bits per heavy atom. The number of sulfonamides is 1. The molecule has 6 rings (SSSR count). The summed E-state index contributed by atoms with van der Waals surface area (Å²) in [6.45, 7) is 6.37. The van der Waals surface area contributed by atoms with E-state index in [-0.39, 0.29) is 10.0 Å². The second-order valence-corrected chi connectivity index (χ2v) is 12.7. The molecule has 1 aliphatic carbocycles. The highest BCUT2D eigenvalue weighted by Gasteiger charge is 2.41. The lowest BCUT2D eigenvalue weighted by Crippen LogP contribution is -2.50. The standard InChI is InChI=1S/C23H26F2N8O2S2/c1-13-11-32(9-8-31(13)3)19-17-15-5-4-14(37(34,35)30-23(2)6-7-23)10-16(15)33(20(17)27-12-26-19)22-29-28-21(36-22)18(24)25/h4-5,10,12-13,18,30H,6-9,11H2,1-3H3. The van der Waals surface area contributed by atoms with Crippen LogP contribution in [0.1, 0.15) is 38.1 Å². The van der Waals surface area contributed by atoms with Gasteiger partial charge in [-0.1, -0.05) is 17.4 Å². The van der Waals surface area contributed by atoms with Gasteiger partial charge in [0, 0.05) is 36.6 Å². The number of rotatable bonds is 6. The Morgan fingerprint density at radius 2 is 1.97 bits per heavy atom. The van der Waals surface area contributed by atoms with Gasteiger partial charge < -0.3 is 9.80 Å². The van der Waals surface area contributed by atoms with Crippen molar-refractivity contribution in [2.24, 2.45) is 0 Å². The number of nitrogens with one attached hydrogen (secondary N) is 1. The van der Waals surface area contributed by atoms with Crippen LogP contribution >= 0.6 is 11.3 Å². The minimum Gasteiger partial charge on any atom is -0.353 e. The molecule has 10 nitrogen and oxygen atoms in total. The van der Waals surface area contributed by atoms with Gasteiger partial charge in [0.25, 0.3) is 6.43 Å². The molecule has 37 heavy (non-hydrogen) atoms. The summed E-state index contributed by atoms with van der Waals surface area (Å²) >= 11 is 0.749. The van der Waals surface area contributed by atoms with Crippen LogP contribution in [0.2, 0.25) is 0 Å². The van der Waals surface area contributed by atoms with Crippen LogP contribution in [-0.2, 0) is 10.0 Å². The van der Waals surface area contributed by atoms with E-state index in [0.29, 0.717) is 33.8 Å². The first-order valence-corrected chi connectivity index (χ1v) is 14.3. The maximum Gasteiger partial charge on any atom is 0.291 e. The van der Waals surface area contributed by atoms with Gasteiger partial charge in [0.2, 0.25) is 15.2 Å². The van der Waals surface area contributed by atoms with Gasteiger partial charge in [0.15, 0.2) is 10.7 Å². The first-order valence-electron chi connectivity index (χ1n) is 12.0. The third kappa shape index (κ3) is 4.25. The smallest absolute Gasteiger partial charge is 0.291 e. The Hall–Kier alpha value is -2.81. The van der Waals surface area contributed by atoms with E-state index in [0.717, 1.165) is 43.8 Å². The number of hydrogen-bond donors (Lipinski definition) is 1. The predicted octanol–water partition coefficient (Wildman–Crippen LogP) is 3.33. The van der Waals surface area contributed by atoms with Gasteiger partial charge in [-0.2, -0.15) is 0 Å². The Morgan fingerprint density at radius 3 is 2.65 bits per heavy atom. The topological polar surface area (TPSA) is 109 Å². The summed E-state index contributed by atoms with van der Waals surface area (Å²) in [5.74, 6) is 0.714. The molecule has 196 valence electrons. The van der Waals surface area contributed by atoms with Crippen LogP contribution in [0.4, 0.5) is 14.6 Å². The number of benzene rings is 1. The van der Waals surface area contributed by atoms with Gasteiger partial charge in [-0.15, -0.1) is 10.2 Å². The molecular weight excluding hydrogens is 522 g/mol. The van der Waals surface area contributed by atoms with Crippen molar-refractivity contribution in [3.8, 4) is 5.13 Å². The van der Waals surface area contributed by atoms with E-state index in [1.165, 1.54) is 6.33 Å². The average Bonchev–Trinajstić information content (AvgIpc) is 3.26. The van der Waals surface area contributed by atoms with Gasteiger partial charge in [0.05, 0.1) is 15.8 Å². The third-order valence-electron chi connectivity index (χ3n) is 7.26. The number of aromatic nitrogens is 5. The van der Waals surface area contributed by atoms with Crippen molar-refractivity contribution >= 4 is 49.1 Å². The monoisotopic (exact) mass is 548 g/mol. The number of likely N-dealkylation sites (N-methyl/N-ethyl adjacent to an activating group) is 1. The highest BCUT2D eigenvalue weighted by Crippen LogP contribution is 2.40. The maximum absolute atomic E-state index is 13.4. The van der Waals surface area contributed by atoms with E-state index in [1.54, 1.807) is 22.8 Å². The quantitative estimate of drug-likeness (QED) is 0.391. The molecule has 0 bridgehead atoms. The summed E-state index contributed by atoms with van der Waals surface area (Å²) in [6.07, 6.45) is 0.227. The second-order valence-electron chi connectivity index (χ2n) is 10.1. The van der Waals surface area contributed by atoms with Gasteiger partial charge in [-0.25, -0.2) is 31.9 Å². The fourth-order valence-electron chi connectivity index (χ4n) is 4.72. The number of halogens is 2. The SMILES string of the molecule is CC1CN(c2ncnc3c2c2ccc(S(=O)(=O)NC4(C)CC4)cc2n3-c2nnc(C(F)F)s2)CCN1C. The molecule has 0 radical (unpaired) electrons. The molecule has 4 heterocycles. The Kier molecular flexibility index (Phi) is 5.71. The van der Waals surface area contributed by atoms with Gasteiger partial charge >= 0.3 is 0 Å². The van der Waals surface area contributed by atoms with Crippen LogP contribution in [0.15, 0.2) is 29.4 Å². The number of nitrogens with zero attached hydrogens (tertiary/aromatic N) is 7. The zero-order valence-corrected chi connectivity index (χ0v) is 22.2. The Bertz CT molecular complexity index is 1620. The number of piperazine rings is 1. The summed E-state index contributed by atoms with van der Waals surface area (Å²) in [5.41, 5.74) is 0.503. The molecule has 0 spiro atoms. The van der Waals surface area contributed by atoms with Crippen molar-refractivity contribution in [1.82, 2.24) is 34.4 Å². The van der Waals surface area contributed by atoms with Crippen molar-refractivity contribution in [3.05, 3.63) is 29.5 Å². The fraction of sp³-hybridized carbons (Fsp3) is 0.478. The molecule has 1 aromatic carbocycles. The van der Waals surface area contributed by atoms with E-state index in [9.17, 15) is 17.2 Å². The number of fused-ring (bicyclic) bond motifs is 3. The highest BCUT2D eigenvalue weighted by atomic mass is 32.2. The van der Waals surface area contributed by atoms with E-state index in [2.05, 4.69) is 48.7 Å². The molecule has 1 unspecified atom stereocenters. The lowest BCUT2D eigenvalue weighted by molar-refractivity contribution is 0.150. The molecule has 1 atom stereocenters. The summed E-state index contributed by atoms with van der Waals surface area (Å²) in [5, 5.41) is 8.86. The molecule has 1 saturated heterocycles. The molecular formula is C23H26F2N8O2S2. The second kappa shape index (κ2) is 8.61. The molecule has 4 aromatic rings. The first kappa shape index (κ1) is 24.5. The average molecular weight is 549 g/mol. The van der Waals surface area contributed by atoms with Crippen LogP contribution in [0.5, 0.6) is 0 Å².